The first-order valence-electron chi connectivity index (χ1n) is 7.62. The lowest BCUT2D eigenvalue weighted by molar-refractivity contribution is 0.0922. The van der Waals surface area contributed by atoms with Gasteiger partial charge >= 0.3 is 6.09 Å². The van der Waals surface area contributed by atoms with Crippen molar-refractivity contribution >= 4 is 17.7 Å². The van der Waals surface area contributed by atoms with E-state index in [4.69, 9.17) is 16.7 Å². The minimum atomic E-state index is -0.826. The molecule has 4 nitrogen and oxygen atoms in total. The Kier molecular flexibility index (Phi) is 4.56. The molecule has 5 heteroatoms. The predicted octanol–water partition coefficient (Wildman–Crippen LogP) is 2.77. The molecule has 1 unspecified atom stereocenters. The van der Waals surface area contributed by atoms with Crippen LogP contribution in [0.4, 0.5) is 4.79 Å². The molecule has 1 N–H and O–H groups in total. The fraction of sp³-hybridized carbons (Fsp3) is 0.471. The molecule has 0 aromatic heterocycles. The van der Waals surface area contributed by atoms with E-state index in [1.165, 1.54) is 17.7 Å². The summed E-state index contributed by atoms with van der Waals surface area (Å²) in [5.74, 6) is 7.25. The molecule has 1 saturated heterocycles. The standard InChI is InChI=1S/C17H19ClN2O2/c18-15-3-1-2-13(12-15)4-7-16(14-5-6-14)19-8-10-20(11-9-19)17(21)22/h1-3,12,14,16H,5-6,8-11H2,(H,21,22). The summed E-state index contributed by atoms with van der Waals surface area (Å²) in [5.41, 5.74) is 0.933. The molecule has 1 atom stereocenters. The number of carbonyl (C=O) groups is 1. The van der Waals surface area contributed by atoms with Gasteiger partial charge in [0.15, 0.2) is 0 Å². The summed E-state index contributed by atoms with van der Waals surface area (Å²) in [6.45, 7) is 2.66. The van der Waals surface area contributed by atoms with Crippen molar-refractivity contribution in [2.24, 2.45) is 5.92 Å². The Hall–Kier alpha value is -1.70. The van der Waals surface area contributed by atoms with Crippen LogP contribution < -0.4 is 0 Å². The number of nitrogens with zero attached hydrogens (tertiary/aromatic N) is 2. The largest absolute Gasteiger partial charge is 0.465 e. The summed E-state index contributed by atoms with van der Waals surface area (Å²) in [4.78, 5) is 14.8. The van der Waals surface area contributed by atoms with Gasteiger partial charge in [0.25, 0.3) is 0 Å². The molecule has 1 heterocycles. The quantitative estimate of drug-likeness (QED) is 0.853. The van der Waals surface area contributed by atoms with Gasteiger partial charge in [-0.05, 0) is 37.0 Å². The van der Waals surface area contributed by atoms with Crippen LogP contribution in [0.15, 0.2) is 24.3 Å². The first kappa shape index (κ1) is 15.2. The number of halogens is 1. The maximum atomic E-state index is 11.0. The van der Waals surface area contributed by atoms with E-state index in [9.17, 15) is 4.79 Å². The van der Waals surface area contributed by atoms with Gasteiger partial charge < -0.3 is 10.0 Å². The van der Waals surface area contributed by atoms with Crippen LogP contribution in [0, 0.1) is 17.8 Å². The van der Waals surface area contributed by atoms with Crippen LogP contribution in [0.2, 0.25) is 5.02 Å². The fourth-order valence-corrected chi connectivity index (χ4v) is 3.02. The average Bonchev–Trinajstić information content (AvgIpc) is 3.33. The van der Waals surface area contributed by atoms with Gasteiger partial charge in [0.1, 0.15) is 0 Å². The van der Waals surface area contributed by atoms with Crippen LogP contribution in [0.3, 0.4) is 0 Å². The van der Waals surface area contributed by atoms with Crippen LogP contribution in [0.25, 0.3) is 0 Å². The Bertz CT molecular complexity index is 611. The van der Waals surface area contributed by atoms with Crippen LogP contribution in [-0.4, -0.2) is 53.2 Å². The zero-order valence-electron chi connectivity index (χ0n) is 12.3. The average molecular weight is 319 g/mol. The second-order valence-corrected chi connectivity index (χ2v) is 6.30. The Morgan fingerprint density at radius 3 is 2.59 bits per heavy atom. The summed E-state index contributed by atoms with van der Waals surface area (Å²) < 4.78 is 0. The van der Waals surface area contributed by atoms with Crippen molar-refractivity contribution in [3.8, 4) is 11.8 Å². The first-order valence-corrected chi connectivity index (χ1v) is 8.00. The zero-order chi connectivity index (χ0) is 15.5. The van der Waals surface area contributed by atoms with Gasteiger partial charge in [-0.15, -0.1) is 0 Å². The van der Waals surface area contributed by atoms with Crippen molar-refractivity contribution < 1.29 is 9.90 Å². The number of hydrogen-bond acceptors (Lipinski definition) is 2. The van der Waals surface area contributed by atoms with Crippen LogP contribution >= 0.6 is 11.6 Å². The molecule has 1 amide bonds. The Morgan fingerprint density at radius 1 is 1.27 bits per heavy atom. The Balaban J connectivity index is 1.68. The second-order valence-electron chi connectivity index (χ2n) is 5.87. The minimum Gasteiger partial charge on any atom is -0.465 e. The summed E-state index contributed by atoms with van der Waals surface area (Å²) in [7, 11) is 0. The molecule has 2 fully saturated rings. The fourth-order valence-electron chi connectivity index (χ4n) is 2.83. The van der Waals surface area contributed by atoms with Crippen LogP contribution in [0.5, 0.6) is 0 Å². The van der Waals surface area contributed by atoms with Crippen molar-refractivity contribution in [2.45, 2.75) is 18.9 Å². The molecule has 0 spiro atoms. The van der Waals surface area contributed by atoms with Gasteiger partial charge in [0, 0.05) is 36.8 Å². The molecular formula is C17H19ClN2O2. The number of amides is 1. The molecule has 1 aliphatic carbocycles. The normalized spacial score (nSPS) is 20.1. The number of carboxylic acid groups (broad SMARTS) is 1. The summed E-state index contributed by atoms with van der Waals surface area (Å²) in [5, 5.41) is 9.73. The number of hydrogen-bond donors (Lipinski definition) is 1. The third-order valence-corrected chi connectivity index (χ3v) is 4.47. The van der Waals surface area contributed by atoms with E-state index in [0.717, 1.165) is 18.7 Å². The summed E-state index contributed by atoms with van der Waals surface area (Å²) in [6, 6.07) is 7.82. The van der Waals surface area contributed by atoms with E-state index in [2.05, 4.69) is 16.7 Å². The van der Waals surface area contributed by atoms with Crippen molar-refractivity contribution in [3.63, 3.8) is 0 Å². The molecule has 22 heavy (non-hydrogen) atoms. The van der Waals surface area contributed by atoms with Gasteiger partial charge in [-0.3, -0.25) is 4.90 Å². The highest BCUT2D eigenvalue weighted by Crippen LogP contribution is 2.35. The van der Waals surface area contributed by atoms with Gasteiger partial charge in [0.2, 0.25) is 0 Å². The smallest absolute Gasteiger partial charge is 0.407 e. The van der Waals surface area contributed by atoms with Crippen LogP contribution in [0.1, 0.15) is 18.4 Å². The highest BCUT2D eigenvalue weighted by atomic mass is 35.5. The van der Waals surface area contributed by atoms with E-state index in [1.807, 2.05) is 24.3 Å². The van der Waals surface area contributed by atoms with Gasteiger partial charge in [-0.25, -0.2) is 4.79 Å². The molecular weight excluding hydrogens is 300 g/mol. The molecule has 0 radical (unpaired) electrons. The third kappa shape index (κ3) is 3.73. The molecule has 1 aromatic carbocycles. The number of piperazine rings is 1. The summed E-state index contributed by atoms with van der Waals surface area (Å²) >= 11 is 5.99. The molecule has 1 saturated carbocycles. The summed E-state index contributed by atoms with van der Waals surface area (Å²) in [6.07, 6.45) is 1.61. The van der Waals surface area contributed by atoms with Crippen molar-refractivity contribution in [2.75, 3.05) is 26.2 Å². The lowest BCUT2D eigenvalue weighted by Crippen LogP contribution is -2.51. The second kappa shape index (κ2) is 6.60. The van der Waals surface area contributed by atoms with E-state index in [0.29, 0.717) is 24.0 Å². The van der Waals surface area contributed by atoms with Gasteiger partial charge in [0.05, 0.1) is 6.04 Å². The Morgan fingerprint density at radius 2 is 2.00 bits per heavy atom. The van der Waals surface area contributed by atoms with Crippen molar-refractivity contribution in [1.29, 1.82) is 0 Å². The van der Waals surface area contributed by atoms with E-state index < -0.39 is 6.09 Å². The minimum absolute atomic E-state index is 0.231. The first-order chi connectivity index (χ1) is 10.6. The molecule has 1 aromatic rings. The lowest BCUT2D eigenvalue weighted by atomic mass is 10.1. The Labute approximate surface area is 135 Å². The van der Waals surface area contributed by atoms with E-state index in [-0.39, 0.29) is 6.04 Å². The maximum absolute atomic E-state index is 11.0. The topological polar surface area (TPSA) is 43.8 Å². The molecule has 2 aliphatic rings. The van der Waals surface area contributed by atoms with E-state index >= 15 is 0 Å². The van der Waals surface area contributed by atoms with Crippen molar-refractivity contribution in [3.05, 3.63) is 34.9 Å². The highest BCUT2D eigenvalue weighted by Gasteiger charge is 2.36. The lowest BCUT2D eigenvalue weighted by Gasteiger charge is -2.36. The highest BCUT2D eigenvalue weighted by molar-refractivity contribution is 6.30. The molecule has 116 valence electrons. The molecule has 1 aliphatic heterocycles. The monoisotopic (exact) mass is 318 g/mol. The van der Waals surface area contributed by atoms with Crippen molar-refractivity contribution in [1.82, 2.24) is 9.80 Å². The SMILES string of the molecule is O=C(O)N1CCN(C(C#Cc2cccc(Cl)c2)C2CC2)CC1. The van der Waals surface area contributed by atoms with E-state index in [1.54, 1.807) is 0 Å². The van der Waals surface area contributed by atoms with Gasteiger partial charge in [-0.1, -0.05) is 29.5 Å². The molecule has 0 bridgehead atoms. The van der Waals surface area contributed by atoms with Gasteiger partial charge in [-0.2, -0.15) is 0 Å². The van der Waals surface area contributed by atoms with Crippen LogP contribution in [-0.2, 0) is 0 Å². The zero-order valence-corrected chi connectivity index (χ0v) is 13.1. The maximum Gasteiger partial charge on any atom is 0.407 e. The number of rotatable bonds is 2. The third-order valence-electron chi connectivity index (χ3n) is 4.24. The predicted molar refractivity (Wildman–Crippen MR) is 86.0 cm³/mol. The molecule has 3 rings (SSSR count). The number of benzene rings is 1.